The average molecular weight is 183 g/mol. The minimum atomic E-state index is -0.817. The minimum Gasteiger partial charge on any atom is -0.478 e. The Hall–Kier alpha value is -0.740. The number of hydrogen-bond donors (Lipinski definition) is 2. The highest BCUT2D eigenvalue weighted by Gasteiger charge is 2.27. The fraction of sp³-hybridized carbons (Fsp3) is 0.375. The van der Waals surface area contributed by atoms with Crippen molar-refractivity contribution in [1.82, 2.24) is 5.32 Å². The van der Waals surface area contributed by atoms with Crippen LogP contribution in [0, 0.1) is 0 Å². The number of carbonyl (C=O) groups is 1. The molecular formula is C8H9NO2S. The number of nitrogens with one attached hydrogen (secondary N) is 1. The van der Waals surface area contributed by atoms with Crippen LogP contribution in [0.2, 0.25) is 0 Å². The maximum atomic E-state index is 10.7. The van der Waals surface area contributed by atoms with Crippen molar-refractivity contribution >= 4 is 17.7 Å². The lowest BCUT2D eigenvalue weighted by Gasteiger charge is -2.14. The van der Waals surface area contributed by atoms with E-state index in [4.69, 9.17) is 5.11 Å². The zero-order chi connectivity index (χ0) is 8.55. The first-order valence-corrected chi connectivity index (χ1v) is 4.78. The molecule has 0 bridgehead atoms. The summed E-state index contributed by atoms with van der Waals surface area (Å²) in [5.41, 5.74) is 0.459. The smallest absolute Gasteiger partial charge is 0.336 e. The molecule has 0 spiro atoms. The topological polar surface area (TPSA) is 49.3 Å². The van der Waals surface area contributed by atoms with E-state index in [1.165, 1.54) is 0 Å². The van der Waals surface area contributed by atoms with Crippen LogP contribution in [0.4, 0.5) is 0 Å². The Balaban J connectivity index is 2.38. The maximum absolute atomic E-state index is 10.7. The van der Waals surface area contributed by atoms with Crippen LogP contribution in [0.25, 0.3) is 0 Å². The number of aliphatic carboxylic acids is 1. The monoisotopic (exact) mass is 183 g/mol. The van der Waals surface area contributed by atoms with E-state index >= 15 is 0 Å². The second-order valence-corrected chi connectivity index (χ2v) is 3.78. The zero-order valence-corrected chi connectivity index (χ0v) is 7.23. The highest BCUT2D eigenvalue weighted by Crippen LogP contribution is 2.33. The van der Waals surface area contributed by atoms with Gasteiger partial charge >= 0.3 is 5.97 Å². The molecule has 0 amide bonds. The van der Waals surface area contributed by atoms with Crippen molar-refractivity contribution < 1.29 is 9.90 Å². The first-order valence-electron chi connectivity index (χ1n) is 3.79. The largest absolute Gasteiger partial charge is 0.478 e. The van der Waals surface area contributed by atoms with Crippen molar-refractivity contribution in [3.8, 4) is 0 Å². The summed E-state index contributed by atoms with van der Waals surface area (Å²) < 4.78 is 0. The van der Waals surface area contributed by atoms with E-state index in [9.17, 15) is 4.79 Å². The molecule has 0 radical (unpaired) electrons. The van der Waals surface area contributed by atoms with Crippen molar-refractivity contribution in [3.63, 3.8) is 0 Å². The molecule has 0 aromatic heterocycles. The molecule has 0 aromatic rings. The van der Waals surface area contributed by atoms with Gasteiger partial charge in [-0.1, -0.05) is 12.2 Å². The number of fused-ring (bicyclic) bond motifs is 1. The fourth-order valence-electron chi connectivity index (χ4n) is 1.45. The summed E-state index contributed by atoms with van der Waals surface area (Å²) in [6.45, 7) is 0. The van der Waals surface area contributed by atoms with Gasteiger partial charge < -0.3 is 5.11 Å². The molecule has 3 nitrogen and oxygen atoms in total. The third-order valence-electron chi connectivity index (χ3n) is 2.03. The van der Waals surface area contributed by atoms with Crippen molar-refractivity contribution in [2.24, 2.45) is 0 Å². The number of thioether (sulfide) groups is 1. The van der Waals surface area contributed by atoms with E-state index in [2.05, 4.69) is 5.32 Å². The summed E-state index contributed by atoms with van der Waals surface area (Å²) in [7, 11) is 0. The van der Waals surface area contributed by atoms with Crippen LogP contribution >= 0.6 is 11.8 Å². The molecule has 0 saturated carbocycles. The van der Waals surface area contributed by atoms with Gasteiger partial charge in [-0.15, -0.1) is 11.8 Å². The van der Waals surface area contributed by atoms with Crippen LogP contribution in [0.3, 0.4) is 0 Å². The molecule has 1 heterocycles. The normalized spacial score (nSPS) is 27.5. The summed E-state index contributed by atoms with van der Waals surface area (Å²) in [5, 5.41) is 12.1. The van der Waals surface area contributed by atoms with Gasteiger partial charge in [0.05, 0.1) is 5.57 Å². The lowest BCUT2D eigenvalue weighted by molar-refractivity contribution is -0.132. The van der Waals surface area contributed by atoms with E-state index < -0.39 is 5.97 Å². The second-order valence-electron chi connectivity index (χ2n) is 2.77. The first kappa shape index (κ1) is 7.89. The molecule has 12 heavy (non-hydrogen) atoms. The van der Waals surface area contributed by atoms with E-state index in [1.807, 2.05) is 6.08 Å². The molecule has 4 heteroatoms. The Morgan fingerprint density at radius 2 is 2.58 bits per heavy atom. The van der Waals surface area contributed by atoms with Crippen molar-refractivity contribution in [3.05, 3.63) is 22.6 Å². The molecule has 1 aliphatic carbocycles. The third-order valence-corrected chi connectivity index (χ3v) is 3.15. The molecule has 1 saturated heterocycles. The van der Waals surface area contributed by atoms with E-state index in [-0.39, 0.29) is 6.04 Å². The molecule has 2 aliphatic rings. The molecule has 1 atom stereocenters. The van der Waals surface area contributed by atoms with Gasteiger partial charge in [-0.25, -0.2) is 4.79 Å². The molecule has 1 aliphatic heterocycles. The summed E-state index contributed by atoms with van der Waals surface area (Å²) in [6.07, 6.45) is 4.53. The highest BCUT2D eigenvalue weighted by atomic mass is 32.2. The van der Waals surface area contributed by atoms with Crippen molar-refractivity contribution in [2.75, 3.05) is 5.88 Å². The van der Waals surface area contributed by atoms with Crippen LogP contribution in [0.1, 0.15) is 6.42 Å². The summed E-state index contributed by atoms with van der Waals surface area (Å²) in [4.78, 5) is 11.7. The summed E-state index contributed by atoms with van der Waals surface area (Å²) in [5.74, 6) is 0.0144. The van der Waals surface area contributed by atoms with E-state index in [0.29, 0.717) is 5.57 Å². The van der Waals surface area contributed by atoms with Crippen LogP contribution in [-0.2, 0) is 4.79 Å². The van der Waals surface area contributed by atoms with Gasteiger partial charge in [0.2, 0.25) is 0 Å². The van der Waals surface area contributed by atoms with E-state index in [0.717, 1.165) is 17.2 Å². The first-order chi connectivity index (χ1) is 5.79. The van der Waals surface area contributed by atoms with Crippen molar-refractivity contribution in [2.45, 2.75) is 12.5 Å². The Kier molecular flexibility index (Phi) is 1.94. The Bertz CT molecular complexity index is 283. The molecule has 64 valence electrons. The molecule has 2 N–H and O–H groups in total. The SMILES string of the molecule is O=C(O)C1=C2SCNC2CC=C1. The molecule has 1 fully saturated rings. The molecule has 1 unspecified atom stereocenters. The van der Waals surface area contributed by atoms with Gasteiger partial charge in [0.25, 0.3) is 0 Å². The lowest BCUT2D eigenvalue weighted by Crippen LogP contribution is -2.24. The highest BCUT2D eigenvalue weighted by molar-refractivity contribution is 8.03. The maximum Gasteiger partial charge on any atom is 0.336 e. The van der Waals surface area contributed by atoms with E-state index in [1.54, 1.807) is 17.8 Å². The zero-order valence-electron chi connectivity index (χ0n) is 6.41. The Morgan fingerprint density at radius 1 is 1.75 bits per heavy atom. The number of carboxylic acids is 1. The Morgan fingerprint density at radius 3 is 3.33 bits per heavy atom. The fourth-order valence-corrected chi connectivity index (χ4v) is 2.58. The summed E-state index contributed by atoms with van der Waals surface area (Å²) >= 11 is 1.60. The standard InChI is InChI=1S/C8H9NO2S/c10-8(11)5-2-1-3-6-7(5)12-4-9-6/h1-2,6,9H,3-4H2,(H,10,11). The quantitative estimate of drug-likeness (QED) is 0.635. The predicted molar refractivity (Wildman–Crippen MR) is 47.8 cm³/mol. The summed E-state index contributed by atoms with van der Waals surface area (Å²) in [6, 6.07) is 0.256. The van der Waals surface area contributed by atoms with Crippen LogP contribution in [-0.4, -0.2) is 23.0 Å². The van der Waals surface area contributed by atoms with Crippen LogP contribution in [0.5, 0.6) is 0 Å². The van der Waals surface area contributed by atoms with Gasteiger partial charge in [-0.2, -0.15) is 0 Å². The molecular weight excluding hydrogens is 174 g/mol. The van der Waals surface area contributed by atoms with Gasteiger partial charge in [-0.05, 0) is 6.42 Å². The van der Waals surface area contributed by atoms with Gasteiger partial charge in [0.1, 0.15) is 0 Å². The molecule has 0 aromatic carbocycles. The van der Waals surface area contributed by atoms with Gasteiger partial charge in [0.15, 0.2) is 0 Å². The average Bonchev–Trinajstić information content (AvgIpc) is 2.49. The Labute approximate surface area is 74.5 Å². The second kappa shape index (κ2) is 2.95. The van der Waals surface area contributed by atoms with Crippen LogP contribution in [0.15, 0.2) is 22.6 Å². The predicted octanol–water partition coefficient (Wildman–Crippen LogP) is 0.948. The number of carboxylic acid groups (broad SMARTS) is 1. The number of rotatable bonds is 1. The molecule has 2 rings (SSSR count). The van der Waals surface area contributed by atoms with Crippen molar-refractivity contribution in [1.29, 1.82) is 0 Å². The number of hydrogen-bond acceptors (Lipinski definition) is 3. The van der Waals surface area contributed by atoms with Gasteiger partial charge in [-0.3, -0.25) is 5.32 Å². The third kappa shape index (κ3) is 1.17. The van der Waals surface area contributed by atoms with Crippen LogP contribution < -0.4 is 5.32 Å². The van der Waals surface area contributed by atoms with Gasteiger partial charge in [0, 0.05) is 16.8 Å². The minimum absolute atomic E-state index is 0.256. The lowest BCUT2D eigenvalue weighted by atomic mass is 10.0.